The smallest absolute Gasteiger partial charge is 0.410 e. The first-order valence-corrected chi connectivity index (χ1v) is 9.99. The molecule has 28 heavy (non-hydrogen) atoms. The van der Waals surface area contributed by atoms with Gasteiger partial charge in [0.25, 0.3) is 0 Å². The lowest BCUT2D eigenvalue weighted by atomic mass is 10.2. The number of carbonyl (C=O) groups is 2. The molecule has 1 aromatic rings. The Bertz CT molecular complexity index is 674. The van der Waals surface area contributed by atoms with E-state index in [1.54, 1.807) is 4.90 Å². The molecule has 7 nitrogen and oxygen atoms in total. The Labute approximate surface area is 167 Å². The molecule has 0 bridgehead atoms. The van der Waals surface area contributed by atoms with Crippen molar-refractivity contribution in [1.82, 2.24) is 15.1 Å². The number of rotatable bonds is 4. The number of carbonyl (C=O) groups excluding carboxylic acids is 2. The van der Waals surface area contributed by atoms with Crippen LogP contribution in [0, 0.1) is 0 Å². The van der Waals surface area contributed by atoms with Gasteiger partial charge in [-0.05, 0) is 39.2 Å². The Kier molecular flexibility index (Phi) is 6.44. The van der Waals surface area contributed by atoms with Gasteiger partial charge >= 0.3 is 12.2 Å². The van der Waals surface area contributed by atoms with E-state index in [2.05, 4.69) is 10.2 Å². The SMILES string of the molecule is CC(C)(C)OC(=O)N[C@H]1CCN([C@H]2CCN(C(=O)OCc3ccccc3)C2)C1. The number of hydrogen-bond acceptors (Lipinski definition) is 5. The van der Waals surface area contributed by atoms with E-state index in [9.17, 15) is 9.59 Å². The molecule has 154 valence electrons. The zero-order valence-electron chi connectivity index (χ0n) is 17.0. The third kappa shape index (κ3) is 5.86. The van der Waals surface area contributed by atoms with Crippen LogP contribution in [-0.4, -0.2) is 65.9 Å². The molecule has 0 aromatic heterocycles. The summed E-state index contributed by atoms with van der Waals surface area (Å²) in [6, 6.07) is 10.1. The second kappa shape index (κ2) is 8.82. The molecule has 2 heterocycles. The lowest BCUT2D eigenvalue weighted by Gasteiger charge is -2.25. The largest absolute Gasteiger partial charge is 0.445 e. The number of nitrogens with one attached hydrogen (secondary N) is 1. The van der Waals surface area contributed by atoms with Gasteiger partial charge in [0.05, 0.1) is 0 Å². The second-order valence-corrected chi connectivity index (χ2v) is 8.56. The maximum absolute atomic E-state index is 12.3. The minimum atomic E-state index is -0.492. The van der Waals surface area contributed by atoms with Crippen molar-refractivity contribution >= 4 is 12.2 Å². The average Bonchev–Trinajstić information content (AvgIpc) is 3.28. The summed E-state index contributed by atoms with van der Waals surface area (Å²) in [5.74, 6) is 0. The highest BCUT2D eigenvalue weighted by atomic mass is 16.6. The van der Waals surface area contributed by atoms with Gasteiger partial charge in [0.2, 0.25) is 0 Å². The van der Waals surface area contributed by atoms with Gasteiger partial charge in [-0.25, -0.2) is 9.59 Å². The summed E-state index contributed by atoms with van der Waals surface area (Å²) >= 11 is 0. The Morgan fingerprint density at radius 1 is 1.11 bits per heavy atom. The summed E-state index contributed by atoms with van der Waals surface area (Å²) in [5.41, 5.74) is 0.497. The zero-order chi connectivity index (χ0) is 20.1. The molecule has 1 aromatic carbocycles. The second-order valence-electron chi connectivity index (χ2n) is 8.56. The van der Waals surface area contributed by atoms with Gasteiger partial charge in [-0.1, -0.05) is 30.3 Å². The number of hydrogen-bond donors (Lipinski definition) is 1. The summed E-state index contributed by atoms with van der Waals surface area (Å²) in [5, 5.41) is 2.95. The third-order valence-electron chi connectivity index (χ3n) is 5.08. The van der Waals surface area contributed by atoms with Crippen LogP contribution in [-0.2, 0) is 16.1 Å². The van der Waals surface area contributed by atoms with E-state index >= 15 is 0 Å². The standard InChI is InChI=1S/C21H31N3O4/c1-21(2,3)28-19(25)22-17-9-11-23(13-17)18-10-12-24(14-18)20(26)27-15-16-7-5-4-6-8-16/h4-8,17-18H,9-15H2,1-3H3,(H,22,25)/t17-,18-/m0/s1. The molecule has 0 unspecified atom stereocenters. The average molecular weight is 389 g/mol. The number of benzene rings is 1. The van der Waals surface area contributed by atoms with Gasteiger partial charge in [-0.3, -0.25) is 4.90 Å². The van der Waals surface area contributed by atoms with Gasteiger partial charge in [0.1, 0.15) is 12.2 Å². The van der Waals surface area contributed by atoms with Crippen molar-refractivity contribution in [2.24, 2.45) is 0 Å². The molecule has 0 radical (unpaired) electrons. The van der Waals surface area contributed by atoms with Crippen molar-refractivity contribution in [3.8, 4) is 0 Å². The van der Waals surface area contributed by atoms with Crippen molar-refractivity contribution in [2.75, 3.05) is 26.2 Å². The molecule has 2 aliphatic heterocycles. The molecule has 1 N–H and O–H groups in total. The Morgan fingerprint density at radius 2 is 1.86 bits per heavy atom. The minimum Gasteiger partial charge on any atom is -0.445 e. The van der Waals surface area contributed by atoms with E-state index in [0.717, 1.165) is 31.5 Å². The first kappa shape index (κ1) is 20.5. The first-order valence-electron chi connectivity index (χ1n) is 9.99. The van der Waals surface area contributed by atoms with Crippen molar-refractivity contribution < 1.29 is 19.1 Å². The highest BCUT2D eigenvalue weighted by Crippen LogP contribution is 2.22. The summed E-state index contributed by atoms with van der Waals surface area (Å²) in [7, 11) is 0. The van der Waals surface area contributed by atoms with Gasteiger partial charge in [-0.15, -0.1) is 0 Å². The summed E-state index contributed by atoms with van der Waals surface area (Å²) in [6.07, 6.45) is 1.21. The van der Waals surface area contributed by atoms with Crippen LogP contribution < -0.4 is 5.32 Å². The van der Waals surface area contributed by atoms with Crippen molar-refractivity contribution in [3.05, 3.63) is 35.9 Å². The number of likely N-dealkylation sites (tertiary alicyclic amines) is 2. The van der Waals surface area contributed by atoms with E-state index in [1.165, 1.54) is 0 Å². The molecule has 7 heteroatoms. The molecule has 2 aliphatic rings. The lowest BCUT2D eigenvalue weighted by Crippen LogP contribution is -2.43. The third-order valence-corrected chi connectivity index (χ3v) is 5.08. The quantitative estimate of drug-likeness (QED) is 0.857. The van der Waals surface area contributed by atoms with E-state index in [1.807, 2.05) is 51.1 Å². The normalized spacial score (nSPS) is 22.9. The molecular formula is C21H31N3O4. The first-order chi connectivity index (χ1) is 13.3. The number of alkyl carbamates (subject to hydrolysis) is 1. The van der Waals surface area contributed by atoms with Gasteiger partial charge < -0.3 is 19.7 Å². The van der Waals surface area contributed by atoms with Crippen LogP contribution in [0.5, 0.6) is 0 Å². The Morgan fingerprint density at radius 3 is 2.57 bits per heavy atom. The van der Waals surface area contributed by atoms with Gasteiger partial charge in [0, 0.05) is 38.3 Å². The fourth-order valence-electron chi connectivity index (χ4n) is 3.73. The van der Waals surface area contributed by atoms with Crippen molar-refractivity contribution in [2.45, 2.75) is 57.9 Å². The highest BCUT2D eigenvalue weighted by molar-refractivity contribution is 5.68. The zero-order valence-corrected chi connectivity index (χ0v) is 17.0. The maximum atomic E-state index is 12.3. The van der Waals surface area contributed by atoms with Crippen LogP contribution >= 0.6 is 0 Å². The molecule has 2 fully saturated rings. The molecule has 3 rings (SSSR count). The molecular weight excluding hydrogens is 358 g/mol. The van der Waals surface area contributed by atoms with Gasteiger partial charge in [-0.2, -0.15) is 0 Å². The summed E-state index contributed by atoms with van der Waals surface area (Å²) < 4.78 is 10.8. The predicted molar refractivity (Wildman–Crippen MR) is 106 cm³/mol. The summed E-state index contributed by atoms with van der Waals surface area (Å²) in [4.78, 5) is 28.4. The van der Waals surface area contributed by atoms with E-state index in [-0.39, 0.29) is 18.2 Å². The van der Waals surface area contributed by atoms with Crippen LogP contribution in [0.4, 0.5) is 9.59 Å². The van der Waals surface area contributed by atoms with Crippen LogP contribution in [0.25, 0.3) is 0 Å². The number of ether oxygens (including phenoxy) is 2. The Hall–Kier alpha value is -2.28. The lowest BCUT2D eigenvalue weighted by molar-refractivity contribution is 0.0504. The molecule has 0 saturated carbocycles. The monoisotopic (exact) mass is 389 g/mol. The fourth-order valence-corrected chi connectivity index (χ4v) is 3.73. The topological polar surface area (TPSA) is 71.1 Å². The van der Waals surface area contributed by atoms with Crippen molar-refractivity contribution in [1.29, 1.82) is 0 Å². The van der Waals surface area contributed by atoms with Crippen LogP contribution in [0.1, 0.15) is 39.2 Å². The number of amides is 2. The van der Waals surface area contributed by atoms with Gasteiger partial charge in [0.15, 0.2) is 0 Å². The summed E-state index contributed by atoms with van der Waals surface area (Å²) in [6.45, 7) is 8.96. The highest BCUT2D eigenvalue weighted by Gasteiger charge is 2.35. The van der Waals surface area contributed by atoms with Crippen molar-refractivity contribution in [3.63, 3.8) is 0 Å². The van der Waals surface area contributed by atoms with Crippen LogP contribution in [0.2, 0.25) is 0 Å². The number of nitrogens with zero attached hydrogens (tertiary/aromatic N) is 2. The van der Waals surface area contributed by atoms with E-state index in [4.69, 9.17) is 9.47 Å². The van der Waals surface area contributed by atoms with E-state index < -0.39 is 5.60 Å². The fraction of sp³-hybridized carbons (Fsp3) is 0.619. The molecule has 0 aliphatic carbocycles. The van der Waals surface area contributed by atoms with E-state index in [0.29, 0.717) is 25.7 Å². The molecule has 2 atom stereocenters. The minimum absolute atomic E-state index is 0.0916. The molecule has 2 saturated heterocycles. The maximum Gasteiger partial charge on any atom is 0.410 e. The molecule has 2 amide bonds. The van der Waals surface area contributed by atoms with Crippen LogP contribution in [0.15, 0.2) is 30.3 Å². The van der Waals surface area contributed by atoms with Crippen LogP contribution in [0.3, 0.4) is 0 Å². The predicted octanol–water partition coefficient (Wildman–Crippen LogP) is 3.00. The molecule has 0 spiro atoms. The Balaban J connectivity index is 1.40.